The molecule has 0 saturated heterocycles. The Morgan fingerprint density at radius 1 is 1.38 bits per heavy atom. The molecule has 0 heterocycles. The van der Waals surface area contributed by atoms with Gasteiger partial charge in [-0.25, -0.2) is 0 Å². The summed E-state index contributed by atoms with van der Waals surface area (Å²) in [6.07, 6.45) is -0.221. The number of aliphatic hydroxyl groups is 1. The van der Waals surface area contributed by atoms with Crippen LogP contribution in [0.3, 0.4) is 0 Å². The Kier molecular flexibility index (Phi) is 6.55. The van der Waals surface area contributed by atoms with Crippen LogP contribution in [0.1, 0.15) is 27.2 Å². The molecule has 0 bridgehead atoms. The first kappa shape index (κ1) is 15.3. The quantitative estimate of drug-likeness (QED) is 0.557. The second kappa shape index (κ2) is 6.83. The lowest BCUT2D eigenvalue weighted by molar-refractivity contribution is -0.158. The van der Waals surface area contributed by atoms with Crippen LogP contribution in [0.2, 0.25) is 0 Å². The standard InChI is InChI=1S/C11H24N2O3/c1-11(2,3)16-10(15)9(13-5)6-8(14)7-12-4/h8-9,12-14H,6-7H2,1-5H3/t8-,9+/m1/s1. The van der Waals surface area contributed by atoms with Crippen molar-refractivity contribution in [1.82, 2.24) is 10.6 Å². The van der Waals surface area contributed by atoms with Gasteiger partial charge in [-0.1, -0.05) is 0 Å². The van der Waals surface area contributed by atoms with Crippen LogP contribution in [0, 0.1) is 0 Å². The smallest absolute Gasteiger partial charge is 0.323 e. The Morgan fingerprint density at radius 3 is 2.31 bits per heavy atom. The van der Waals surface area contributed by atoms with Crippen LogP contribution >= 0.6 is 0 Å². The summed E-state index contributed by atoms with van der Waals surface area (Å²) in [5.74, 6) is -0.329. The molecule has 0 unspecified atom stereocenters. The van der Waals surface area contributed by atoms with E-state index < -0.39 is 17.7 Å². The Morgan fingerprint density at radius 2 is 1.94 bits per heavy atom. The minimum atomic E-state index is -0.560. The topological polar surface area (TPSA) is 70.6 Å². The third kappa shape index (κ3) is 6.76. The minimum Gasteiger partial charge on any atom is -0.459 e. The van der Waals surface area contributed by atoms with Crippen molar-refractivity contribution in [3.63, 3.8) is 0 Å². The summed E-state index contributed by atoms with van der Waals surface area (Å²) in [7, 11) is 3.44. The molecule has 0 spiro atoms. The average molecular weight is 232 g/mol. The van der Waals surface area contributed by atoms with Gasteiger partial charge in [-0.05, 0) is 34.9 Å². The molecule has 0 aromatic heterocycles. The Hall–Kier alpha value is -0.650. The van der Waals surface area contributed by atoms with Crippen molar-refractivity contribution in [2.75, 3.05) is 20.6 Å². The number of nitrogens with one attached hydrogen (secondary N) is 2. The predicted octanol–water partition coefficient (Wildman–Crippen LogP) is -0.113. The number of hydrogen-bond donors (Lipinski definition) is 3. The number of likely N-dealkylation sites (N-methyl/N-ethyl adjacent to an activating group) is 2. The summed E-state index contributed by atoms with van der Waals surface area (Å²) in [6.45, 7) is 5.92. The molecule has 96 valence electrons. The van der Waals surface area contributed by atoms with Crippen molar-refractivity contribution in [3.05, 3.63) is 0 Å². The largest absolute Gasteiger partial charge is 0.459 e. The van der Waals surface area contributed by atoms with Gasteiger partial charge >= 0.3 is 5.97 Å². The van der Waals surface area contributed by atoms with E-state index in [1.54, 1.807) is 14.1 Å². The molecule has 2 atom stereocenters. The third-order valence-electron chi connectivity index (χ3n) is 1.99. The van der Waals surface area contributed by atoms with E-state index in [9.17, 15) is 9.90 Å². The highest BCUT2D eigenvalue weighted by molar-refractivity contribution is 5.76. The van der Waals surface area contributed by atoms with E-state index in [-0.39, 0.29) is 5.97 Å². The zero-order chi connectivity index (χ0) is 12.8. The highest BCUT2D eigenvalue weighted by Crippen LogP contribution is 2.10. The maximum absolute atomic E-state index is 11.7. The molecule has 0 radical (unpaired) electrons. The summed E-state index contributed by atoms with van der Waals surface area (Å²) in [5.41, 5.74) is -0.500. The van der Waals surface area contributed by atoms with Gasteiger partial charge in [0.25, 0.3) is 0 Å². The maximum Gasteiger partial charge on any atom is 0.323 e. The molecule has 0 aliphatic rings. The van der Waals surface area contributed by atoms with E-state index in [4.69, 9.17) is 4.74 Å². The molecule has 0 aromatic rings. The van der Waals surface area contributed by atoms with Gasteiger partial charge in [0.2, 0.25) is 0 Å². The van der Waals surface area contributed by atoms with Crippen LogP contribution < -0.4 is 10.6 Å². The first-order valence-electron chi connectivity index (χ1n) is 5.53. The molecule has 5 nitrogen and oxygen atoms in total. The molecule has 0 fully saturated rings. The van der Waals surface area contributed by atoms with E-state index in [0.717, 1.165) is 0 Å². The van der Waals surface area contributed by atoms with Crippen LogP contribution in [-0.4, -0.2) is 49.5 Å². The molecular weight excluding hydrogens is 208 g/mol. The van der Waals surface area contributed by atoms with E-state index >= 15 is 0 Å². The third-order valence-corrected chi connectivity index (χ3v) is 1.99. The second-order valence-corrected chi connectivity index (χ2v) is 4.82. The molecule has 0 saturated carbocycles. The Bertz CT molecular complexity index is 214. The van der Waals surface area contributed by atoms with Crippen LogP contribution in [0.25, 0.3) is 0 Å². The fraction of sp³-hybridized carbons (Fsp3) is 0.909. The van der Waals surface area contributed by atoms with E-state index in [0.29, 0.717) is 13.0 Å². The van der Waals surface area contributed by atoms with Crippen LogP contribution in [-0.2, 0) is 9.53 Å². The molecule has 0 aliphatic heterocycles. The number of carbonyl (C=O) groups is 1. The molecule has 0 aromatic carbocycles. The number of ether oxygens (including phenoxy) is 1. The van der Waals surface area contributed by atoms with Crippen LogP contribution in [0.5, 0.6) is 0 Å². The van der Waals surface area contributed by atoms with Gasteiger partial charge in [-0.3, -0.25) is 4.79 Å². The summed E-state index contributed by atoms with van der Waals surface area (Å²) in [4.78, 5) is 11.7. The Labute approximate surface area is 97.6 Å². The van der Waals surface area contributed by atoms with Gasteiger partial charge in [0.05, 0.1) is 6.10 Å². The lowest BCUT2D eigenvalue weighted by Gasteiger charge is -2.24. The highest BCUT2D eigenvalue weighted by atomic mass is 16.6. The van der Waals surface area contributed by atoms with Gasteiger partial charge in [0.15, 0.2) is 0 Å². The minimum absolute atomic E-state index is 0.329. The molecule has 5 heteroatoms. The SMILES string of the molecule is CNC[C@H](O)C[C@H](NC)C(=O)OC(C)(C)C. The Balaban J connectivity index is 4.22. The first-order valence-corrected chi connectivity index (χ1v) is 5.53. The van der Waals surface area contributed by atoms with E-state index in [1.165, 1.54) is 0 Å². The fourth-order valence-corrected chi connectivity index (χ4v) is 1.30. The lowest BCUT2D eigenvalue weighted by Crippen LogP contribution is -2.43. The van der Waals surface area contributed by atoms with Crippen molar-refractivity contribution >= 4 is 5.97 Å². The summed E-state index contributed by atoms with van der Waals surface area (Å²) >= 11 is 0. The summed E-state index contributed by atoms with van der Waals surface area (Å²) in [6, 6.07) is -0.470. The number of carbonyl (C=O) groups excluding carboxylic acids is 1. The van der Waals surface area contributed by atoms with E-state index in [1.807, 2.05) is 20.8 Å². The summed E-state index contributed by atoms with van der Waals surface area (Å²) in [5, 5.41) is 15.3. The average Bonchev–Trinajstić information content (AvgIpc) is 2.11. The highest BCUT2D eigenvalue weighted by Gasteiger charge is 2.25. The molecule has 0 rings (SSSR count). The van der Waals surface area contributed by atoms with Crippen molar-refractivity contribution < 1.29 is 14.6 Å². The van der Waals surface area contributed by atoms with Gasteiger partial charge in [0, 0.05) is 13.0 Å². The number of rotatable bonds is 6. The zero-order valence-electron chi connectivity index (χ0n) is 10.8. The number of esters is 1. The van der Waals surface area contributed by atoms with Gasteiger partial charge in [-0.15, -0.1) is 0 Å². The van der Waals surface area contributed by atoms with Gasteiger partial charge in [0.1, 0.15) is 11.6 Å². The molecule has 0 aliphatic carbocycles. The molecule has 3 N–H and O–H groups in total. The zero-order valence-corrected chi connectivity index (χ0v) is 10.8. The van der Waals surface area contributed by atoms with E-state index in [2.05, 4.69) is 10.6 Å². The first-order chi connectivity index (χ1) is 7.30. The van der Waals surface area contributed by atoms with Crippen molar-refractivity contribution in [3.8, 4) is 0 Å². The van der Waals surface area contributed by atoms with Crippen LogP contribution in [0.4, 0.5) is 0 Å². The molecule has 16 heavy (non-hydrogen) atoms. The monoisotopic (exact) mass is 232 g/mol. The van der Waals surface area contributed by atoms with Gasteiger partial charge in [-0.2, -0.15) is 0 Å². The van der Waals surface area contributed by atoms with Crippen LogP contribution in [0.15, 0.2) is 0 Å². The molecule has 0 amide bonds. The molecular formula is C11H24N2O3. The number of hydrogen-bond acceptors (Lipinski definition) is 5. The predicted molar refractivity (Wildman–Crippen MR) is 63.2 cm³/mol. The number of aliphatic hydroxyl groups excluding tert-OH is 1. The van der Waals surface area contributed by atoms with Gasteiger partial charge < -0.3 is 20.5 Å². The van der Waals surface area contributed by atoms with Crippen molar-refractivity contribution in [1.29, 1.82) is 0 Å². The lowest BCUT2D eigenvalue weighted by atomic mass is 10.1. The van der Waals surface area contributed by atoms with Crippen molar-refractivity contribution in [2.24, 2.45) is 0 Å². The maximum atomic E-state index is 11.7. The normalized spacial score (nSPS) is 15.6. The van der Waals surface area contributed by atoms with Crippen molar-refractivity contribution in [2.45, 2.75) is 44.9 Å². The fourth-order valence-electron chi connectivity index (χ4n) is 1.30. The summed E-state index contributed by atoms with van der Waals surface area (Å²) < 4.78 is 5.24. The second-order valence-electron chi connectivity index (χ2n) is 4.82.